The molecule has 0 bridgehead atoms. The minimum absolute atomic E-state index is 0.00609. The van der Waals surface area contributed by atoms with E-state index in [2.05, 4.69) is 31.3 Å². The molecule has 6 nitrogen and oxygen atoms in total. The maximum absolute atomic E-state index is 11.0. The van der Waals surface area contributed by atoms with Gasteiger partial charge in [0.1, 0.15) is 12.4 Å². The van der Waals surface area contributed by atoms with Crippen LogP contribution in [0, 0.1) is 0 Å². The Morgan fingerprint density at radius 2 is 2.11 bits per heavy atom. The Bertz CT molecular complexity index is 663. The molecule has 0 saturated carbocycles. The number of benzene rings is 1. The number of hydrogen-bond donors (Lipinski definition) is 1. The van der Waals surface area contributed by atoms with Crippen LogP contribution >= 0.6 is 15.9 Å². The van der Waals surface area contributed by atoms with E-state index in [-0.39, 0.29) is 11.7 Å². The van der Waals surface area contributed by atoms with Gasteiger partial charge < -0.3 is 15.2 Å². The van der Waals surface area contributed by atoms with E-state index < -0.39 is 5.97 Å². The lowest BCUT2D eigenvalue weighted by Gasteiger charge is -2.24. The summed E-state index contributed by atoms with van der Waals surface area (Å²) in [5, 5.41) is 17.8. The summed E-state index contributed by atoms with van der Waals surface area (Å²) >= 11 is 3.36. The van der Waals surface area contributed by atoms with Gasteiger partial charge in [-0.2, -0.15) is 10.1 Å². The number of aliphatic carboxylic acids is 1. The monoisotopic (exact) mass is 319 g/mol. The molecule has 0 radical (unpaired) electrons. The van der Waals surface area contributed by atoms with Crippen molar-refractivity contribution < 1.29 is 9.90 Å². The molecule has 0 amide bonds. The maximum atomic E-state index is 11.0. The number of carboxylic acid groups (broad SMARTS) is 1. The van der Waals surface area contributed by atoms with E-state index in [1.165, 1.54) is 6.33 Å². The molecule has 19 heavy (non-hydrogen) atoms. The van der Waals surface area contributed by atoms with Crippen molar-refractivity contribution >= 4 is 27.8 Å². The first-order valence-corrected chi connectivity index (χ1v) is 6.29. The van der Waals surface area contributed by atoms with Crippen molar-refractivity contribution in [3.8, 4) is 0 Å². The second-order valence-electron chi connectivity index (χ2n) is 4.02. The first-order chi connectivity index (χ1) is 9.15. The molecule has 1 aromatic heterocycles. The molecule has 0 fully saturated rings. The third-order valence-corrected chi connectivity index (χ3v) is 3.37. The van der Waals surface area contributed by atoms with Crippen molar-refractivity contribution in [3.63, 3.8) is 0 Å². The molecule has 2 aromatic rings. The van der Waals surface area contributed by atoms with Crippen LogP contribution in [0.1, 0.15) is 11.6 Å². The van der Waals surface area contributed by atoms with Gasteiger partial charge in [-0.05, 0) is 23.8 Å². The van der Waals surface area contributed by atoms with Gasteiger partial charge in [-0.25, -0.2) is 4.68 Å². The van der Waals surface area contributed by atoms with Crippen LogP contribution in [0.3, 0.4) is 0 Å². The van der Waals surface area contributed by atoms with E-state index in [0.29, 0.717) is 5.95 Å². The highest BCUT2D eigenvalue weighted by Crippen LogP contribution is 2.28. The second-order valence-corrected chi connectivity index (χ2v) is 4.93. The first kappa shape index (κ1) is 11.9. The molecule has 0 unspecified atom stereocenters. The fourth-order valence-electron chi connectivity index (χ4n) is 1.95. The highest BCUT2D eigenvalue weighted by Gasteiger charge is 2.22. The third-order valence-electron chi connectivity index (χ3n) is 2.84. The Balaban J connectivity index is 2.09. The Hall–Kier alpha value is -2.15. The van der Waals surface area contributed by atoms with Crippen LogP contribution in [0.15, 0.2) is 46.8 Å². The van der Waals surface area contributed by atoms with Crippen LogP contribution in [0.2, 0.25) is 0 Å². The van der Waals surface area contributed by atoms with Gasteiger partial charge >= 0.3 is 0 Å². The lowest BCUT2D eigenvalue weighted by Crippen LogP contribution is -2.32. The highest BCUT2D eigenvalue weighted by atomic mass is 79.9. The zero-order valence-electron chi connectivity index (χ0n) is 9.58. The number of carbonyl (C=O) groups excluding carboxylic acids is 1. The molecule has 0 spiro atoms. The molecule has 1 aliphatic heterocycles. The number of anilines is 1. The Labute approximate surface area is 116 Å². The molecule has 2 heterocycles. The van der Waals surface area contributed by atoms with Crippen LogP contribution in [-0.4, -0.2) is 20.7 Å². The number of hydrogen-bond acceptors (Lipinski definition) is 5. The molecule has 1 atom stereocenters. The molecule has 1 aliphatic rings. The predicted octanol–water partition coefficient (Wildman–Crippen LogP) is 0.689. The number of carbonyl (C=O) groups is 1. The first-order valence-electron chi connectivity index (χ1n) is 5.50. The summed E-state index contributed by atoms with van der Waals surface area (Å²) in [4.78, 5) is 15.0. The molecule has 1 aromatic carbocycles. The molecule has 3 rings (SSSR count). The average Bonchev–Trinajstić information content (AvgIpc) is 2.86. The number of allylic oxidation sites excluding steroid dienone is 1. The average molecular weight is 320 g/mol. The Morgan fingerprint density at radius 1 is 1.37 bits per heavy atom. The lowest BCUT2D eigenvalue weighted by atomic mass is 10.0. The fraction of sp³-hybridized carbons (Fsp3) is 0.0833. The number of aromatic nitrogens is 3. The SMILES string of the molecule is O=C([O-])C1=C[C@@H](c2ccc(Br)cc2)n2ncnc2N1. The molecular formula is C12H8BrN4O2-. The number of fused-ring (bicyclic) bond motifs is 1. The smallest absolute Gasteiger partial charge is 0.226 e. The quantitative estimate of drug-likeness (QED) is 0.880. The van der Waals surface area contributed by atoms with Gasteiger partial charge in [0.25, 0.3) is 0 Å². The normalized spacial score (nSPS) is 17.3. The van der Waals surface area contributed by atoms with Crippen LogP contribution in [0.25, 0.3) is 0 Å². The van der Waals surface area contributed by atoms with E-state index in [0.717, 1.165) is 10.0 Å². The number of nitrogens with one attached hydrogen (secondary N) is 1. The zero-order valence-corrected chi connectivity index (χ0v) is 11.2. The van der Waals surface area contributed by atoms with Gasteiger partial charge in [-0.3, -0.25) is 0 Å². The van der Waals surface area contributed by atoms with E-state index in [1.54, 1.807) is 10.8 Å². The molecule has 7 heteroatoms. The van der Waals surface area contributed by atoms with Crippen LogP contribution < -0.4 is 10.4 Å². The summed E-state index contributed by atoms with van der Waals surface area (Å²) in [5.41, 5.74) is 0.906. The fourth-order valence-corrected chi connectivity index (χ4v) is 2.21. The third kappa shape index (κ3) is 2.12. The standard InChI is InChI=1S/C12H9BrN4O2/c13-8-3-1-7(2-4-8)10-5-9(11(18)19)16-12-14-6-15-17(10)12/h1-6,10H,(H,18,19)(H,14,15,16)/p-1/t10-/m0/s1. The minimum atomic E-state index is -1.27. The largest absolute Gasteiger partial charge is 0.543 e. The van der Waals surface area contributed by atoms with Crippen molar-refractivity contribution in [2.75, 3.05) is 5.32 Å². The van der Waals surface area contributed by atoms with Crippen LogP contribution in [0.5, 0.6) is 0 Å². The highest BCUT2D eigenvalue weighted by molar-refractivity contribution is 9.10. The summed E-state index contributed by atoms with van der Waals surface area (Å²) in [6, 6.07) is 7.25. The Morgan fingerprint density at radius 3 is 2.79 bits per heavy atom. The predicted molar refractivity (Wildman–Crippen MR) is 69.0 cm³/mol. The van der Waals surface area contributed by atoms with Gasteiger partial charge in [0, 0.05) is 4.47 Å². The van der Waals surface area contributed by atoms with Gasteiger partial charge in [-0.15, -0.1) is 0 Å². The number of rotatable bonds is 2. The van der Waals surface area contributed by atoms with Crippen molar-refractivity contribution in [2.24, 2.45) is 0 Å². The topological polar surface area (TPSA) is 82.9 Å². The minimum Gasteiger partial charge on any atom is -0.543 e. The second kappa shape index (κ2) is 4.51. The van der Waals surface area contributed by atoms with Crippen molar-refractivity contribution in [1.82, 2.24) is 14.8 Å². The number of nitrogens with zero attached hydrogens (tertiary/aromatic N) is 3. The van der Waals surface area contributed by atoms with E-state index in [9.17, 15) is 9.90 Å². The molecule has 0 saturated heterocycles. The van der Waals surface area contributed by atoms with Gasteiger partial charge in [0.05, 0.1) is 11.7 Å². The molecular weight excluding hydrogens is 312 g/mol. The van der Waals surface area contributed by atoms with Gasteiger partial charge in [-0.1, -0.05) is 28.1 Å². The number of halogens is 1. The van der Waals surface area contributed by atoms with Gasteiger partial charge in [0.2, 0.25) is 5.95 Å². The van der Waals surface area contributed by atoms with Crippen LogP contribution in [0.4, 0.5) is 5.95 Å². The summed E-state index contributed by atoms with van der Waals surface area (Å²) in [7, 11) is 0. The van der Waals surface area contributed by atoms with Crippen molar-refractivity contribution in [2.45, 2.75) is 6.04 Å². The van der Waals surface area contributed by atoms with Crippen LogP contribution in [-0.2, 0) is 4.79 Å². The molecule has 1 N–H and O–H groups in total. The molecule has 0 aliphatic carbocycles. The van der Waals surface area contributed by atoms with E-state index >= 15 is 0 Å². The number of carboxylic acids is 1. The summed E-state index contributed by atoms with van der Waals surface area (Å²) in [6.45, 7) is 0. The Kier molecular flexibility index (Phi) is 2.83. The van der Waals surface area contributed by atoms with E-state index in [1.807, 2.05) is 24.3 Å². The van der Waals surface area contributed by atoms with Crippen molar-refractivity contribution in [1.29, 1.82) is 0 Å². The summed E-state index contributed by atoms with van der Waals surface area (Å²) in [5.74, 6) is -0.883. The lowest BCUT2D eigenvalue weighted by molar-refractivity contribution is -0.299. The van der Waals surface area contributed by atoms with Gasteiger partial charge in [0.15, 0.2) is 0 Å². The van der Waals surface area contributed by atoms with E-state index in [4.69, 9.17) is 0 Å². The zero-order chi connectivity index (χ0) is 13.4. The maximum Gasteiger partial charge on any atom is 0.226 e. The van der Waals surface area contributed by atoms with Crippen molar-refractivity contribution in [3.05, 3.63) is 52.4 Å². The molecule has 96 valence electrons. The summed E-state index contributed by atoms with van der Waals surface area (Å²) < 4.78 is 2.57. The summed E-state index contributed by atoms with van der Waals surface area (Å²) in [6.07, 6.45) is 2.93.